The molecule has 0 unspecified atom stereocenters. The Hall–Kier alpha value is -2.86. The lowest BCUT2D eigenvalue weighted by Crippen LogP contribution is -2.40. The van der Waals surface area contributed by atoms with E-state index in [1.165, 1.54) is 31.9 Å². The Labute approximate surface area is 152 Å². The summed E-state index contributed by atoms with van der Waals surface area (Å²) < 4.78 is 36.6. The van der Waals surface area contributed by atoms with Gasteiger partial charge in [-0.25, -0.2) is 4.98 Å². The number of hydrogen-bond acceptors (Lipinski definition) is 10. The highest BCUT2D eigenvalue weighted by Gasteiger charge is 2.50. The van der Waals surface area contributed by atoms with Crippen LogP contribution in [0.1, 0.15) is 20.1 Å². The summed E-state index contributed by atoms with van der Waals surface area (Å²) in [6.45, 7) is 2.49. The Morgan fingerprint density at radius 2 is 1.93 bits per heavy atom. The van der Waals surface area contributed by atoms with Crippen LogP contribution < -0.4 is 5.73 Å². The summed E-state index contributed by atoms with van der Waals surface area (Å²) in [6, 6.07) is 0. The number of halogens is 1. The molecule has 0 bridgehead atoms. The van der Waals surface area contributed by atoms with E-state index in [-0.39, 0.29) is 23.6 Å². The zero-order chi connectivity index (χ0) is 19.7. The van der Waals surface area contributed by atoms with Gasteiger partial charge in [0.15, 0.2) is 35.4 Å². The van der Waals surface area contributed by atoms with Crippen molar-refractivity contribution < 1.29 is 32.9 Å². The van der Waals surface area contributed by atoms with Crippen molar-refractivity contribution in [2.24, 2.45) is 0 Å². The minimum absolute atomic E-state index is 0.0433. The highest BCUT2D eigenvalue weighted by Crippen LogP contribution is 2.36. The van der Waals surface area contributed by atoms with Crippen LogP contribution in [0.3, 0.4) is 0 Å². The van der Waals surface area contributed by atoms with E-state index in [4.69, 9.17) is 24.7 Å². The van der Waals surface area contributed by atoms with Crippen LogP contribution in [0, 0.1) is 6.08 Å². The average molecular weight is 383 g/mol. The van der Waals surface area contributed by atoms with Gasteiger partial charge in [-0.1, -0.05) is 0 Å². The van der Waals surface area contributed by atoms with Gasteiger partial charge in [0, 0.05) is 21.0 Å². The lowest BCUT2D eigenvalue weighted by Gasteiger charge is -2.23. The Morgan fingerprint density at radius 1 is 1.26 bits per heavy atom. The molecule has 2 aromatic heterocycles. The first-order valence-electron chi connectivity index (χ1n) is 7.96. The van der Waals surface area contributed by atoms with Crippen LogP contribution in [0.2, 0.25) is 0 Å². The number of aromatic nitrogens is 4. The molecule has 0 amide bonds. The number of rotatable bonds is 5. The van der Waals surface area contributed by atoms with Crippen LogP contribution in [-0.4, -0.2) is 63.5 Å². The normalized spacial score (nSPS) is 24.9. The minimum Gasteiger partial charge on any atom is -0.456 e. The fourth-order valence-electron chi connectivity index (χ4n) is 2.98. The number of carbonyl (C=O) groups excluding carboxylic acids is 2. The van der Waals surface area contributed by atoms with Crippen LogP contribution in [-0.2, 0) is 28.5 Å². The monoisotopic (exact) mass is 383 g/mol. The van der Waals surface area contributed by atoms with Crippen LogP contribution in [0.5, 0.6) is 0 Å². The summed E-state index contributed by atoms with van der Waals surface area (Å²) in [5.74, 6) is -1.35. The maximum Gasteiger partial charge on any atom is 0.312 e. The van der Waals surface area contributed by atoms with Crippen molar-refractivity contribution in [1.82, 2.24) is 19.5 Å². The van der Waals surface area contributed by atoms with Gasteiger partial charge in [0.25, 0.3) is 0 Å². The van der Waals surface area contributed by atoms with Crippen LogP contribution in [0.4, 0.5) is 10.2 Å². The van der Waals surface area contributed by atoms with Crippen LogP contribution >= 0.6 is 0 Å². The Bertz CT molecular complexity index is 874. The summed E-state index contributed by atoms with van der Waals surface area (Å²) in [7, 11) is 1.44. The topological polar surface area (TPSA) is 141 Å². The average Bonchev–Trinajstić information content (AvgIpc) is 3.10. The lowest BCUT2D eigenvalue weighted by atomic mass is 10.1. The molecule has 12 heteroatoms. The molecular formula is C15H18FN5O6. The molecule has 27 heavy (non-hydrogen) atoms. The van der Waals surface area contributed by atoms with Crippen LogP contribution in [0.15, 0.2) is 6.33 Å². The Morgan fingerprint density at radius 3 is 2.56 bits per heavy atom. The molecule has 1 saturated heterocycles. The summed E-state index contributed by atoms with van der Waals surface area (Å²) in [5.41, 5.74) is 5.87. The van der Waals surface area contributed by atoms with Crippen molar-refractivity contribution >= 4 is 28.9 Å². The fraction of sp³-hybridized carbons (Fsp3) is 0.533. The third kappa shape index (κ3) is 3.66. The first kappa shape index (κ1) is 18.9. The second kappa shape index (κ2) is 7.40. The lowest BCUT2D eigenvalue weighted by molar-refractivity contribution is -0.165. The van der Waals surface area contributed by atoms with Gasteiger partial charge in [0.1, 0.15) is 6.10 Å². The predicted octanol–water partition coefficient (Wildman–Crippen LogP) is -0.0452. The first-order valence-corrected chi connectivity index (χ1v) is 7.96. The van der Waals surface area contributed by atoms with E-state index in [9.17, 15) is 14.0 Å². The SMILES string of the molecule is COC[C@H]1O[C@@H](n2cnc3c(N)nc(F)nc32)[C@H](OC(C)=O)[C@@H]1OC(C)=O. The van der Waals surface area contributed by atoms with E-state index in [1.807, 2.05) is 0 Å². The number of methoxy groups -OCH3 is 1. The number of nitrogens with two attached hydrogens (primary N) is 1. The van der Waals surface area contributed by atoms with Gasteiger partial charge >= 0.3 is 18.0 Å². The molecule has 3 heterocycles. The van der Waals surface area contributed by atoms with Gasteiger partial charge in [-0.15, -0.1) is 0 Å². The fourth-order valence-corrected chi connectivity index (χ4v) is 2.98. The zero-order valence-electron chi connectivity index (χ0n) is 14.8. The Kier molecular flexibility index (Phi) is 5.19. The summed E-state index contributed by atoms with van der Waals surface area (Å²) in [4.78, 5) is 34.3. The minimum atomic E-state index is -1.05. The van der Waals surface area contributed by atoms with Crippen molar-refractivity contribution in [3.8, 4) is 0 Å². The Balaban J connectivity index is 2.06. The maximum absolute atomic E-state index is 13.6. The summed E-state index contributed by atoms with van der Waals surface area (Å²) in [6.07, 6.45) is -3.47. The van der Waals surface area contributed by atoms with Gasteiger partial charge in [-0.05, 0) is 0 Å². The van der Waals surface area contributed by atoms with Crippen molar-refractivity contribution in [1.29, 1.82) is 0 Å². The second-order valence-electron chi connectivity index (χ2n) is 5.87. The van der Waals surface area contributed by atoms with Crippen molar-refractivity contribution in [3.63, 3.8) is 0 Å². The number of fused-ring (bicyclic) bond motifs is 1. The number of hydrogen-bond donors (Lipinski definition) is 1. The molecule has 3 rings (SSSR count). The van der Waals surface area contributed by atoms with Gasteiger partial charge in [-0.3, -0.25) is 14.2 Å². The van der Waals surface area contributed by atoms with Gasteiger partial charge in [-0.2, -0.15) is 14.4 Å². The highest BCUT2D eigenvalue weighted by atomic mass is 19.1. The molecule has 1 aliphatic heterocycles. The van der Waals surface area contributed by atoms with E-state index in [2.05, 4.69) is 15.0 Å². The largest absolute Gasteiger partial charge is 0.456 e. The van der Waals surface area contributed by atoms with Crippen LogP contribution in [0.25, 0.3) is 11.2 Å². The molecule has 0 aliphatic carbocycles. The zero-order valence-corrected chi connectivity index (χ0v) is 14.8. The van der Waals surface area contributed by atoms with E-state index in [0.29, 0.717) is 0 Å². The number of carbonyl (C=O) groups is 2. The maximum atomic E-state index is 13.6. The number of nitrogens with zero attached hydrogens (tertiary/aromatic N) is 4. The van der Waals surface area contributed by atoms with Gasteiger partial charge in [0.05, 0.1) is 12.9 Å². The number of nitrogen functional groups attached to an aromatic ring is 1. The van der Waals surface area contributed by atoms with Crippen molar-refractivity contribution in [2.45, 2.75) is 38.4 Å². The van der Waals surface area contributed by atoms with E-state index < -0.39 is 42.6 Å². The van der Waals surface area contributed by atoms with E-state index in [0.717, 1.165) is 0 Å². The number of esters is 2. The van der Waals surface area contributed by atoms with Crippen molar-refractivity contribution in [2.75, 3.05) is 19.5 Å². The molecule has 1 fully saturated rings. The van der Waals surface area contributed by atoms with Gasteiger partial charge < -0.3 is 24.7 Å². The molecule has 146 valence electrons. The molecule has 0 radical (unpaired) electrons. The molecule has 0 aromatic carbocycles. The molecule has 4 atom stereocenters. The summed E-state index contributed by atoms with van der Waals surface area (Å²) >= 11 is 0. The predicted molar refractivity (Wildman–Crippen MR) is 86.6 cm³/mol. The third-order valence-corrected chi connectivity index (χ3v) is 3.92. The number of ether oxygens (including phenoxy) is 4. The smallest absolute Gasteiger partial charge is 0.312 e. The molecule has 0 saturated carbocycles. The first-order chi connectivity index (χ1) is 12.8. The second-order valence-corrected chi connectivity index (χ2v) is 5.87. The molecule has 2 aromatic rings. The molecular weight excluding hydrogens is 365 g/mol. The molecule has 0 spiro atoms. The van der Waals surface area contributed by atoms with E-state index in [1.54, 1.807) is 0 Å². The van der Waals surface area contributed by atoms with Crippen molar-refractivity contribution in [3.05, 3.63) is 12.4 Å². The number of imidazole rings is 1. The molecule has 2 N–H and O–H groups in total. The molecule has 11 nitrogen and oxygen atoms in total. The number of anilines is 1. The quantitative estimate of drug-likeness (QED) is 0.552. The third-order valence-electron chi connectivity index (χ3n) is 3.92. The summed E-state index contributed by atoms with van der Waals surface area (Å²) in [5, 5.41) is 0. The van der Waals surface area contributed by atoms with E-state index >= 15 is 0 Å². The molecule has 1 aliphatic rings. The highest BCUT2D eigenvalue weighted by molar-refractivity contribution is 5.81. The van der Waals surface area contributed by atoms with Gasteiger partial charge in [0.2, 0.25) is 0 Å². The standard InChI is InChI=1S/C15H18FN5O6/c1-6(22)25-10-8(4-24-3)27-14(11(10)26-7(2)23)21-5-18-9-12(17)19-15(16)20-13(9)21/h5,8,10-11,14H,4H2,1-3H3,(H2,17,19,20)/t8-,10-,11-,14-/m1/s1.